The van der Waals surface area contributed by atoms with Gasteiger partial charge in [-0.3, -0.25) is 0 Å². The molecule has 0 unspecified atom stereocenters. The monoisotopic (exact) mass is 388 g/mol. The molecule has 4 aromatic carbocycles. The molecule has 2 nitrogen and oxygen atoms in total. The van der Waals surface area contributed by atoms with Crippen LogP contribution in [0.1, 0.15) is 22.3 Å². The molecule has 0 bridgehead atoms. The molecule has 0 aliphatic rings. The molecule has 0 amide bonds. The molecule has 4 rings (SSSR count). The lowest BCUT2D eigenvalue weighted by Gasteiger charge is -2.06. The van der Waals surface area contributed by atoms with Crippen molar-refractivity contribution in [3.8, 4) is 35.2 Å². The smallest absolute Gasteiger partial charge is 0.161 e. The van der Waals surface area contributed by atoms with E-state index in [9.17, 15) is 0 Å². The summed E-state index contributed by atoms with van der Waals surface area (Å²) in [4.78, 5) is 0. The maximum atomic E-state index is 5.35. The Labute approximate surface area is 177 Å². The molecule has 0 heterocycles. The van der Waals surface area contributed by atoms with E-state index in [1.165, 1.54) is 0 Å². The fourth-order valence-electron chi connectivity index (χ4n) is 3.13. The van der Waals surface area contributed by atoms with E-state index >= 15 is 0 Å². The third-order valence-corrected chi connectivity index (χ3v) is 4.70. The molecule has 0 atom stereocenters. The van der Waals surface area contributed by atoms with Crippen LogP contribution in [0.2, 0.25) is 0 Å². The summed E-state index contributed by atoms with van der Waals surface area (Å²) in [5.74, 6) is 14.2. The van der Waals surface area contributed by atoms with Gasteiger partial charge in [0.25, 0.3) is 0 Å². The van der Waals surface area contributed by atoms with E-state index in [2.05, 4.69) is 47.9 Å². The molecule has 0 saturated carbocycles. The molecule has 2 heteroatoms. The van der Waals surface area contributed by atoms with Crippen molar-refractivity contribution in [2.75, 3.05) is 14.2 Å². The molecule has 0 aliphatic carbocycles. The fraction of sp³-hybridized carbons (Fsp3) is 0.0714. The van der Waals surface area contributed by atoms with E-state index in [-0.39, 0.29) is 0 Å². The van der Waals surface area contributed by atoms with Gasteiger partial charge in [0.15, 0.2) is 11.5 Å². The van der Waals surface area contributed by atoms with Gasteiger partial charge in [-0.15, -0.1) is 0 Å². The zero-order valence-electron chi connectivity index (χ0n) is 16.9. The molecular weight excluding hydrogens is 368 g/mol. The number of methoxy groups -OCH3 is 2. The van der Waals surface area contributed by atoms with Crippen molar-refractivity contribution >= 4 is 10.8 Å². The van der Waals surface area contributed by atoms with Gasteiger partial charge in [0.05, 0.1) is 14.2 Å². The normalized spacial score (nSPS) is 9.80. The van der Waals surface area contributed by atoms with Crippen LogP contribution in [0, 0.1) is 23.7 Å². The van der Waals surface area contributed by atoms with Crippen molar-refractivity contribution in [3.05, 3.63) is 107 Å². The van der Waals surface area contributed by atoms with Crippen molar-refractivity contribution in [2.24, 2.45) is 0 Å². The van der Waals surface area contributed by atoms with Crippen LogP contribution in [-0.2, 0) is 0 Å². The summed E-state index contributed by atoms with van der Waals surface area (Å²) in [6.45, 7) is 0. The predicted octanol–water partition coefficient (Wildman–Crippen LogP) is 5.66. The standard InChI is InChI=1S/C28H20O2/c1-29-27-17-14-24(20-28(27)30-2)11-10-23-13-16-25-15-12-22(18-26(25)19-23)9-8-21-6-4-3-5-7-21/h3-7,12-20H,1-2H3. The summed E-state index contributed by atoms with van der Waals surface area (Å²) in [5.41, 5.74) is 3.81. The van der Waals surface area contributed by atoms with E-state index in [1.807, 2.05) is 60.7 Å². The molecule has 4 aromatic rings. The van der Waals surface area contributed by atoms with Crippen molar-refractivity contribution in [1.29, 1.82) is 0 Å². The molecular formula is C28H20O2. The average molecular weight is 388 g/mol. The van der Waals surface area contributed by atoms with Gasteiger partial charge in [0.1, 0.15) is 0 Å². The highest BCUT2D eigenvalue weighted by molar-refractivity contribution is 5.85. The lowest BCUT2D eigenvalue weighted by Crippen LogP contribution is -1.90. The Bertz CT molecular complexity index is 1310. The van der Waals surface area contributed by atoms with Gasteiger partial charge in [-0.05, 0) is 65.4 Å². The maximum absolute atomic E-state index is 5.35. The van der Waals surface area contributed by atoms with Gasteiger partial charge in [0.2, 0.25) is 0 Å². The van der Waals surface area contributed by atoms with Crippen molar-refractivity contribution in [3.63, 3.8) is 0 Å². The SMILES string of the molecule is COc1ccc(C#Cc2ccc3ccc(C#Cc4ccccc4)cc3c2)cc1OC. The first-order valence-electron chi connectivity index (χ1n) is 9.60. The predicted molar refractivity (Wildman–Crippen MR) is 122 cm³/mol. The highest BCUT2D eigenvalue weighted by Crippen LogP contribution is 2.27. The van der Waals surface area contributed by atoms with Crippen LogP contribution in [-0.4, -0.2) is 14.2 Å². The van der Waals surface area contributed by atoms with Gasteiger partial charge in [-0.2, -0.15) is 0 Å². The van der Waals surface area contributed by atoms with Gasteiger partial charge in [-0.1, -0.05) is 54.0 Å². The second-order valence-electron chi connectivity index (χ2n) is 6.71. The van der Waals surface area contributed by atoms with Gasteiger partial charge in [-0.25, -0.2) is 0 Å². The Morgan fingerprint density at radius 3 is 1.60 bits per heavy atom. The maximum Gasteiger partial charge on any atom is 0.161 e. The van der Waals surface area contributed by atoms with E-state index in [4.69, 9.17) is 9.47 Å². The molecule has 0 saturated heterocycles. The van der Waals surface area contributed by atoms with E-state index < -0.39 is 0 Å². The zero-order valence-corrected chi connectivity index (χ0v) is 16.9. The molecule has 30 heavy (non-hydrogen) atoms. The van der Waals surface area contributed by atoms with Crippen molar-refractivity contribution in [2.45, 2.75) is 0 Å². The lowest BCUT2D eigenvalue weighted by molar-refractivity contribution is 0.355. The fourth-order valence-corrected chi connectivity index (χ4v) is 3.13. The molecule has 0 fully saturated rings. The summed E-state index contributed by atoms with van der Waals surface area (Å²) >= 11 is 0. The van der Waals surface area contributed by atoms with Gasteiger partial charge < -0.3 is 9.47 Å². The summed E-state index contributed by atoms with van der Waals surface area (Å²) in [5, 5.41) is 2.28. The first kappa shape index (κ1) is 19.2. The van der Waals surface area contributed by atoms with Crippen molar-refractivity contribution < 1.29 is 9.47 Å². The quantitative estimate of drug-likeness (QED) is 0.413. The largest absolute Gasteiger partial charge is 0.493 e. The van der Waals surface area contributed by atoms with Crippen molar-refractivity contribution in [1.82, 2.24) is 0 Å². The summed E-state index contributed by atoms with van der Waals surface area (Å²) in [6.07, 6.45) is 0. The minimum Gasteiger partial charge on any atom is -0.493 e. The number of benzene rings is 4. The van der Waals surface area contributed by atoms with Gasteiger partial charge in [0, 0.05) is 22.3 Å². The van der Waals surface area contributed by atoms with Crippen LogP contribution >= 0.6 is 0 Å². The molecule has 0 spiro atoms. The first-order chi connectivity index (χ1) is 14.7. The van der Waals surface area contributed by atoms with E-state index in [0.29, 0.717) is 11.5 Å². The van der Waals surface area contributed by atoms with Crippen LogP contribution in [0.15, 0.2) is 84.9 Å². The highest BCUT2D eigenvalue weighted by Gasteiger charge is 2.03. The minimum atomic E-state index is 0.671. The van der Waals surface area contributed by atoms with Gasteiger partial charge >= 0.3 is 0 Å². The number of rotatable bonds is 2. The molecule has 0 radical (unpaired) electrons. The minimum absolute atomic E-state index is 0.671. The summed E-state index contributed by atoms with van der Waals surface area (Å²) < 4.78 is 10.6. The molecule has 0 aromatic heterocycles. The Morgan fingerprint density at radius 2 is 1.00 bits per heavy atom. The van der Waals surface area contributed by atoms with Crippen LogP contribution < -0.4 is 9.47 Å². The number of hydrogen-bond donors (Lipinski definition) is 0. The Kier molecular flexibility index (Phi) is 5.70. The molecule has 144 valence electrons. The average Bonchev–Trinajstić information content (AvgIpc) is 2.81. The zero-order chi connectivity index (χ0) is 20.8. The molecule has 0 aliphatic heterocycles. The third kappa shape index (κ3) is 4.46. The topological polar surface area (TPSA) is 18.5 Å². The number of fused-ring (bicyclic) bond motifs is 1. The Balaban J connectivity index is 1.62. The highest BCUT2D eigenvalue weighted by atomic mass is 16.5. The van der Waals surface area contributed by atoms with Crippen LogP contribution in [0.4, 0.5) is 0 Å². The molecule has 0 N–H and O–H groups in total. The summed E-state index contributed by atoms with van der Waals surface area (Å²) in [7, 11) is 3.24. The number of ether oxygens (including phenoxy) is 2. The lowest BCUT2D eigenvalue weighted by atomic mass is 10.0. The Hall–Kier alpha value is -4.14. The van der Waals surface area contributed by atoms with Crippen LogP contribution in [0.25, 0.3) is 10.8 Å². The van der Waals surface area contributed by atoms with Crippen LogP contribution in [0.5, 0.6) is 11.5 Å². The van der Waals surface area contributed by atoms with E-state index in [1.54, 1.807) is 14.2 Å². The third-order valence-electron chi connectivity index (χ3n) is 4.70. The Morgan fingerprint density at radius 1 is 0.467 bits per heavy atom. The van der Waals surface area contributed by atoms with E-state index in [0.717, 1.165) is 33.0 Å². The van der Waals surface area contributed by atoms with Crippen LogP contribution in [0.3, 0.4) is 0 Å². The summed E-state index contributed by atoms with van der Waals surface area (Å²) in [6, 6.07) is 28.1. The second kappa shape index (κ2) is 8.91. The second-order valence-corrected chi connectivity index (χ2v) is 6.71. The first-order valence-corrected chi connectivity index (χ1v) is 9.60. The number of hydrogen-bond acceptors (Lipinski definition) is 2.